The van der Waals surface area contributed by atoms with E-state index in [9.17, 15) is 27.7 Å². The number of rotatable bonds is 3. The minimum atomic E-state index is -4.99. The third-order valence-corrected chi connectivity index (χ3v) is 4.70. The second kappa shape index (κ2) is 5.90. The number of fused-ring (bicyclic) bond motifs is 1. The molecule has 1 atom stereocenters. The predicted octanol–water partition coefficient (Wildman–Crippen LogP) is 0.345. The van der Waals surface area contributed by atoms with Crippen molar-refractivity contribution < 1.29 is 32.8 Å². The first kappa shape index (κ1) is 17.9. The van der Waals surface area contributed by atoms with Gasteiger partial charge in [0.25, 0.3) is 10.1 Å². The smallest absolute Gasteiger partial charge is 0.335 e. The van der Waals surface area contributed by atoms with Gasteiger partial charge in [0, 0.05) is 36.0 Å². The molecule has 2 rings (SSSR count). The van der Waals surface area contributed by atoms with Crippen molar-refractivity contribution >= 4 is 57.2 Å². The molecule has 7 nitrogen and oxygen atoms in total. The Bertz CT molecular complexity index is 738. The molecule has 0 saturated carbocycles. The summed E-state index contributed by atoms with van der Waals surface area (Å²) in [5.74, 6) is -3.06. The molecule has 0 amide bonds. The molecule has 0 saturated heterocycles. The first-order chi connectivity index (χ1) is 9.22. The average Bonchev–Trinajstić information content (AvgIpc) is 2.35. The largest absolute Gasteiger partial charge is 0.480 e. The van der Waals surface area contributed by atoms with E-state index in [0.29, 0.717) is 0 Å². The SMILES string of the molecule is O=C(O)C1=CCC(C(=O)O)(S(=O)(=O)O)c2ccccc21.[Na]. The van der Waals surface area contributed by atoms with Crippen LogP contribution in [0.15, 0.2) is 30.3 Å². The molecule has 1 radical (unpaired) electrons. The molecule has 1 aliphatic rings. The molecule has 1 aromatic rings. The van der Waals surface area contributed by atoms with E-state index in [2.05, 4.69) is 0 Å². The molecule has 0 fully saturated rings. The summed E-state index contributed by atoms with van der Waals surface area (Å²) in [5, 5.41) is 18.3. The van der Waals surface area contributed by atoms with Gasteiger partial charge in [-0.05, 0) is 11.1 Å². The summed E-state index contributed by atoms with van der Waals surface area (Å²) >= 11 is 0. The monoisotopic (exact) mass is 321 g/mol. The van der Waals surface area contributed by atoms with Gasteiger partial charge < -0.3 is 10.2 Å². The normalized spacial score (nSPS) is 20.7. The maximum atomic E-state index is 11.6. The van der Waals surface area contributed by atoms with Crippen LogP contribution in [0, 0.1) is 0 Å². The molecule has 21 heavy (non-hydrogen) atoms. The fourth-order valence-corrected chi connectivity index (χ4v) is 3.27. The Morgan fingerprint density at radius 2 is 1.71 bits per heavy atom. The molecule has 1 aromatic carbocycles. The molecule has 1 unspecified atom stereocenters. The third kappa shape index (κ3) is 2.65. The fourth-order valence-electron chi connectivity index (χ4n) is 2.30. The van der Waals surface area contributed by atoms with Gasteiger partial charge in [0.2, 0.25) is 4.75 Å². The van der Waals surface area contributed by atoms with Crippen molar-refractivity contribution in [3.63, 3.8) is 0 Å². The summed E-state index contributed by atoms with van der Waals surface area (Å²) in [6.07, 6.45) is 0.340. The Morgan fingerprint density at radius 1 is 1.14 bits per heavy atom. The van der Waals surface area contributed by atoms with Crippen LogP contribution in [-0.2, 0) is 24.5 Å². The van der Waals surface area contributed by atoms with E-state index in [1.807, 2.05) is 0 Å². The van der Waals surface area contributed by atoms with Crippen LogP contribution in [0.5, 0.6) is 0 Å². The first-order valence-electron chi connectivity index (χ1n) is 5.45. The van der Waals surface area contributed by atoms with Gasteiger partial charge in [-0.15, -0.1) is 0 Å². The summed E-state index contributed by atoms with van der Waals surface area (Å²) in [5.41, 5.74) is -0.484. The first-order valence-corrected chi connectivity index (χ1v) is 6.89. The topological polar surface area (TPSA) is 129 Å². The van der Waals surface area contributed by atoms with E-state index < -0.39 is 33.2 Å². The Balaban J connectivity index is 0.00000220. The van der Waals surface area contributed by atoms with E-state index >= 15 is 0 Å². The number of aliphatic carboxylic acids is 2. The minimum absolute atomic E-state index is 0. The van der Waals surface area contributed by atoms with E-state index in [4.69, 9.17) is 5.11 Å². The van der Waals surface area contributed by atoms with Gasteiger partial charge in [-0.1, -0.05) is 30.3 Å². The molecular weight excluding hydrogens is 311 g/mol. The molecule has 0 aliphatic heterocycles. The van der Waals surface area contributed by atoms with Crippen molar-refractivity contribution in [3.8, 4) is 0 Å². The predicted molar refractivity (Wildman–Crippen MR) is 73.3 cm³/mol. The molecule has 0 aromatic heterocycles. The van der Waals surface area contributed by atoms with Crippen LogP contribution in [0.2, 0.25) is 0 Å². The molecule has 0 heterocycles. The van der Waals surface area contributed by atoms with Crippen molar-refractivity contribution in [3.05, 3.63) is 41.5 Å². The van der Waals surface area contributed by atoms with Crippen LogP contribution >= 0.6 is 0 Å². The van der Waals surface area contributed by atoms with Crippen LogP contribution < -0.4 is 0 Å². The third-order valence-electron chi connectivity index (χ3n) is 3.26. The number of carbonyl (C=O) groups is 2. The van der Waals surface area contributed by atoms with E-state index in [1.54, 1.807) is 0 Å². The second-order valence-corrected chi connectivity index (χ2v) is 5.93. The zero-order chi connectivity index (χ0) is 15.1. The number of hydrogen-bond acceptors (Lipinski definition) is 4. The van der Waals surface area contributed by atoms with Gasteiger partial charge in [0.15, 0.2) is 0 Å². The van der Waals surface area contributed by atoms with Gasteiger partial charge in [-0.3, -0.25) is 9.35 Å². The van der Waals surface area contributed by atoms with Crippen LogP contribution in [-0.4, -0.2) is 64.7 Å². The van der Waals surface area contributed by atoms with E-state index in [-0.39, 0.29) is 46.3 Å². The fraction of sp³-hybridized carbons (Fsp3) is 0.167. The maximum absolute atomic E-state index is 11.6. The number of carboxylic acid groups (broad SMARTS) is 2. The Hall–Kier alpha value is -1.19. The molecule has 3 N–H and O–H groups in total. The molecule has 0 spiro atoms. The number of hydrogen-bond donors (Lipinski definition) is 3. The zero-order valence-electron chi connectivity index (χ0n) is 11.0. The molecule has 9 heteroatoms. The summed E-state index contributed by atoms with van der Waals surface area (Å²) in [7, 11) is -4.99. The van der Waals surface area contributed by atoms with E-state index in [0.717, 1.165) is 6.08 Å². The average molecular weight is 321 g/mol. The Labute approximate surface area is 142 Å². The number of allylic oxidation sites excluding steroid dienone is 1. The molecular formula is C12H10NaO7S. The molecule has 0 bridgehead atoms. The van der Waals surface area contributed by atoms with Crippen molar-refractivity contribution in [2.75, 3.05) is 0 Å². The van der Waals surface area contributed by atoms with Crippen molar-refractivity contribution in [1.82, 2.24) is 0 Å². The summed E-state index contributed by atoms with van der Waals surface area (Å²) < 4.78 is 29.9. The maximum Gasteiger partial charge on any atom is 0.335 e. The van der Waals surface area contributed by atoms with Crippen LogP contribution in [0.3, 0.4) is 0 Å². The van der Waals surface area contributed by atoms with Gasteiger partial charge in [-0.2, -0.15) is 8.42 Å². The van der Waals surface area contributed by atoms with Crippen molar-refractivity contribution in [2.45, 2.75) is 11.2 Å². The zero-order valence-corrected chi connectivity index (χ0v) is 13.8. The van der Waals surface area contributed by atoms with Crippen LogP contribution in [0.1, 0.15) is 17.5 Å². The number of benzene rings is 1. The molecule has 1 aliphatic carbocycles. The van der Waals surface area contributed by atoms with Crippen molar-refractivity contribution in [1.29, 1.82) is 0 Å². The minimum Gasteiger partial charge on any atom is -0.480 e. The summed E-state index contributed by atoms with van der Waals surface area (Å²) in [4.78, 5) is 22.6. The summed E-state index contributed by atoms with van der Waals surface area (Å²) in [6, 6.07) is 5.33. The van der Waals surface area contributed by atoms with Gasteiger partial charge in [0.1, 0.15) is 0 Å². The van der Waals surface area contributed by atoms with Gasteiger partial charge in [0.05, 0.1) is 5.57 Å². The Morgan fingerprint density at radius 3 is 2.19 bits per heavy atom. The summed E-state index contributed by atoms with van der Waals surface area (Å²) in [6.45, 7) is 0. The standard InChI is InChI=1S/C12H10O7S.Na/c13-10(14)8-5-6-12(11(15)16,20(17,18)19)9-4-2-1-3-7(8)9;/h1-5H,6H2,(H,13,14)(H,15,16)(H,17,18,19);. The Kier molecular flexibility index (Phi) is 5.01. The van der Waals surface area contributed by atoms with E-state index in [1.165, 1.54) is 24.3 Å². The second-order valence-electron chi connectivity index (χ2n) is 4.28. The number of carboxylic acids is 2. The van der Waals surface area contributed by atoms with Crippen LogP contribution in [0.4, 0.5) is 0 Å². The quantitative estimate of drug-likeness (QED) is 0.541. The van der Waals surface area contributed by atoms with Crippen LogP contribution in [0.25, 0.3) is 5.57 Å². The molecule has 107 valence electrons. The van der Waals surface area contributed by atoms with Gasteiger partial charge >= 0.3 is 11.9 Å². The van der Waals surface area contributed by atoms with Gasteiger partial charge in [-0.25, -0.2) is 4.79 Å². The van der Waals surface area contributed by atoms with Crippen molar-refractivity contribution in [2.24, 2.45) is 0 Å².